The molecule has 11 aromatic rings. The first kappa shape index (κ1) is 31.9. The molecule has 0 amide bonds. The van der Waals surface area contributed by atoms with Crippen molar-refractivity contribution in [1.82, 2.24) is 24.1 Å². The predicted molar refractivity (Wildman–Crippen MR) is 230 cm³/mol. The Labute approximate surface area is 323 Å². The van der Waals surface area contributed by atoms with Crippen LogP contribution in [-0.2, 0) is 0 Å². The number of fused-ring (bicyclic) bond motifs is 6. The van der Waals surface area contributed by atoms with Crippen LogP contribution in [0.4, 0.5) is 0 Å². The quantitative estimate of drug-likeness (QED) is 0.172. The van der Waals surface area contributed by atoms with Gasteiger partial charge in [-0.15, -0.1) is 0 Å². The van der Waals surface area contributed by atoms with Gasteiger partial charge in [-0.3, -0.25) is 4.57 Å². The van der Waals surface area contributed by atoms with Crippen LogP contribution in [0.25, 0.3) is 100 Å². The van der Waals surface area contributed by atoms with Crippen LogP contribution in [0.15, 0.2) is 200 Å². The molecule has 0 saturated carbocycles. The molecule has 56 heavy (non-hydrogen) atoms. The molecule has 0 fully saturated rings. The molecule has 0 atom stereocenters. The molecule has 0 saturated heterocycles. The van der Waals surface area contributed by atoms with Crippen LogP contribution in [-0.4, -0.2) is 24.1 Å². The van der Waals surface area contributed by atoms with Gasteiger partial charge in [0.15, 0.2) is 11.6 Å². The fourth-order valence-corrected chi connectivity index (χ4v) is 8.15. The standard InChI is InChI=1S/C51H33N5/c1-3-14-34(15-4-1)39-30-31-48-44(33-39)43-22-9-12-25-47(43)56(48)51-53-49(36-16-5-2-6-17-36)52-50(54-51)37-28-26-35(27-29-37)38-18-13-19-40(32-38)55-45-23-10-7-20-41(45)42-21-8-11-24-46(42)55/h1-33H. The van der Waals surface area contributed by atoms with Gasteiger partial charge in [-0.1, -0.05) is 158 Å². The minimum absolute atomic E-state index is 0.579. The van der Waals surface area contributed by atoms with Crippen molar-refractivity contribution in [3.8, 4) is 56.7 Å². The third-order valence-electron chi connectivity index (χ3n) is 10.8. The zero-order valence-electron chi connectivity index (χ0n) is 30.3. The van der Waals surface area contributed by atoms with E-state index < -0.39 is 0 Å². The summed E-state index contributed by atoms with van der Waals surface area (Å²) in [5.74, 6) is 1.82. The van der Waals surface area contributed by atoms with Crippen molar-refractivity contribution >= 4 is 43.6 Å². The zero-order chi connectivity index (χ0) is 37.0. The predicted octanol–water partition coefficient (Wildman–Crippen LogP) is 12.7. The number of aromatic nitrogens is 5. The highest BCUT2D eigenvalue weighted by Crippen LogP contribution is 2.36. The van der Waals surface area contributed by atoms with Crippen LogP contribution in [0.3, 0.4) is 0 Å². The maximum absolute atomic E-state index is 5.20. The van der Waals surface area contributed by atoms with Gasteiger partial charge < -0.3 is 4.57 Å². The molecule has 0 unspecified atom stereocenters. The third kappa shape index (κ3) is 5.29. The smallest absolute Gasteiger partial charge is 0.238 e. The molecule has 3 aromatic heterocycles. The van der Waals surface area contributed by atoms with E-state index in [4.69, 9.17) is 15.0 Å². The number of rotatable bonds is 6. The molecule has 0 N–H and O–H groups in total. The molecule has 0 aliphatic rings. The highest BCUT2D eigenvalue weighted by Gasteiger charge is 2.19. The fourth-order valence-electron chi connectivity index (χ4n) is 8.15. The lowest BCUT2D eigenvalue weighted by atomic mass is 10.0. The Hall–Kier alpha value is -7.63. The monoisotopic (exact) mass is 715 g/mol. The fraction of sp³-hybridized carbons (Fsp3) is 0. The molecular formula is C51H33N5. The van der Waals surface area contributed by atoms with E-state index in [2.05, 4.69) is 179 Å². The van der Waals surface area contributed by atoms with Crippen LogP contribution in [0, 0.1) is 0 Å². The van der Waals surface area contributed by atoms with Crippen molar-refractivity contribution in [3.63, 3.8) is 0 Å². The van der Waals surface area contributed by atoms with Gasteiger partial charge in [-0.25, -0.2) is 4.98 Å². The lowest BCUT2D eigenvalue weighted by Gasteiger charge is -2.12. The van der Waals surface area contributed by atoms with Crippen molar-refractivity contribution in [3.05, 3.63) is 200 Å². The molecule has 0 bridgehead atoms. The van der Waals surface area contributed by atoms with Gasteiger partial charge in [0, 0.05) is 38.4 Å². The van der Waals surface area contributed by atoms with Crippen LogP contribution < -0.4 is 0 Å². The van der Waals surface area contributed by atoms with Crippen molar-refractivity contribution in [1.29, 1.82) is 0 Å². The van der Waals surface area contributed by atoms with E-state index in [-0.39, 0.29) is 0 Å². The molecule has 262 valence electrons. The van der Waals surface area contributed by atoms with Gasteiger partial charge in [-0.2, -0.15) is 9.97 Å². The largest absolute Gasteiger partial charge is 0.309 e. The number of para-hydroxylation sites is 3. The van der Waals surface area contributed by atoms with E-state index in [1.807, 2.05) is 30.3 Å². The molecule has 3 heterocycles. The topological polar surface area (TPSA) is 48.5 Å². The summed E-state index contributed by atoms with van der Waals surface area (Å²) in [4.78, 5) is 15.4. The summed E-state index contributed by atoms with van der Waals surface area (Å²) in [6.07, 6.45) is 0. The van der Waals surface area contributed by atoms with Gasteiger partial charge in [0.05, 0.1) is 22.1 Å². The Morgan fingerprint density at radius 1 is 0.268 bits per heavy atom. The summed E-state index contributed by atoms with van der Waals surface area (Å²) in [5.41, 5.74) is 12.1. The molecule has 0 radical (unpaired) electrons. The summed E-state index contributed by atoms with van der Waals surface area (Å²) in [5, 5.41) is 4.80. The lowest BCUT2D eigenvalue weighted by molar-refractivity contribution is 0.953. The summed E-state index contributed by atoms with van der Waals surface area (Å²) >= 11 is 0. The first-order valence-electron chi connectivity index (χ1n) is 18.9. The van der Waals surface area contributed by atoms with Gasteiger partial charge in [-0.05, 0) is 64.7 Å². The van der Waals surface area contributed by atoms with Crippen LogP contribution in [0.2, 0.25) is 0 Å². The van der Waals surface area contributed by atoms with E-state index in [0.29, 0.717) is 17.6 Å². The maximum Gasteiger partial charge on any atom is 0.238 e. The Balaban J connectivity index is 1.03. The first-order chi connectivity index (χ1) is 27.8. The number of nitrogens with zero attached hydrogens (tertiary/aromatic N) is 5. The average Bonchev–Trinajstić information content (AvgIpc) is 3.80. The molecule has 5 nitrogen and oxygen atoms in total. The molecule has 0 aliphatic carbocycles. The van der Waals surface area contributed by atoms with Crippen LogP contribution in [0.1, 0.15) is 0 Å². The van der Waals surface area contributed by atoms with E-state index in [1.54, 1.807) is 0 Å². The Kier molecular flexibility index (Phi) is 7.42. The molecule has 8 aromatic carbocycles. The SMILES string of the molecule is c1ccc(-c2ccc3c(c2)c2ccccc2n3-c2nc(-c3ccccc3)nc(-c3ccc(-c4cccc(-n5c6ccccc6c6ccccc65)c4)cc3)n2)cc1. The Morgan fingerprint density at radius 2 is 0.696 bits per heavy atom. The number of benzene rings is 8. The normalized spacial score (nSPS) is 11.6. The molecule has 5 heteroatoms. The minimum Gasteiger partial charge on any atom is -0.309 e. The second-order valence-electron chi connectivity index (χ2n) is 14.1. The van der Waals surface area contributed by atoms with Gasteiger partial charge >= 0.3 is 0 Å². The summed E-state index contributed by atoms with van der Waals surface area (Å²) in [6.45, 7) is 0. The van der Waals surface area contributed by atoms with E-state index >= 15 is 0 Å². The van der Waals surface area contributed by atoms with Crippen LogP contribution >= 0.6 is 0 Å². The number of hydrogen-bond donors (Lipinski definition) is 0. The van der Waals surface area contributed by atoms with Crippen molar-refractivity contribution in [2.45, 2.75) is 0 Å². The minimum atomic E-state index is 0.579. The third-order valence-corrected chi connectivity index (χ3v) is 10.8. The van der Waals surface area contributed by atoms with Gasteiger partial charge in [0.25, 0.3) is 0 Å². The van der Waals surface area contributed by atoms with E-state index in [1.165, 1.54) is 32.9 Å². The summed E-state index contributed by atoms with van der Waals surface area (Å²) in [7, 11) is 0. The molecule has 0 spiro atoms. The summed E-state index contributed by atoms with van der Waals surface area (Å²) < 4.78 is 4.53. The van der Waals surface area contributed by atoms with E-state index in [0.717, 1.165) is 49.7 Å². The Bertz CT molecular complexity index is 3180. The molecule has 0 aliphatic heterocycles. The lowest BCUT2D eigenvalue weighted by Crippen LogP contribution is -2.06. The molecular weight excluding hydrogens is 683 g/mol. The second kappa shape index (κ2) is 13.0. The maximum atomic E-state index is 5.20. The highest BCUT2D eigenvalue weighted by molar-refractivity contribution is 6.11. The first-order valence-corrected chi connectivity index (χ1v) is 18.9. The highest BCUT2D eigenvalue weighted by atomic mass is 15.2. The van der Waals surface area contributed by atoms with Gasteiger partial charge in [0.1, 0.15) is 0 Å². The second-order valence-corrected chi connectivity index (χ2v) is 14.1. The average molecular weight is 716 g/mol. The van der Waals surface area contributed by atoms with E-state index in [9.17, 15) is 0 Å². The Morgan fingerprint density at radius 3 is 1.34 bits per heavy atom. The zero-order valence-corrected chi connectivity index (χ0v) is 30.3. The molecule has 11 rings (SSSR count). The summed E-state index contributed by atoms with van der Waals surface area (Å²) in [6, 6.07) is 70.4. The van der Waals surface area contributed by atoms with Crippen molar-refractivity contribution in [2.75, 3.05) is 0 Å². The van der Waals surface area contributed by atoms with Gasteiger partial charge in [0.2, 0.25) is 5.95 Å². The van der Waals surface area contributed by atoms with Crippen molar-refractivity contribution in [2.24, 2.45) is 0 Å². The number of hydrogen-bond acceptors (Lipinski definition) is 3. The van der Waals surface area contributed by atoms with Crippen LogP contribution in [0.5, 0.6) is 0 Å². The van der Waals surface area contributed by atoms with Crippen molar-refractivity contribution < 1.29 is 0 Å².